The molecule has 0 atom stereocenters. The predicted octanol–water partition coefficient (Wildman–Crippen LogP) is 2.61. The van der Waals surface area contributed by atoms with Gasteiger partial charge in [0.1, 0.15) is 0 Å². The average Bonchev–Trinajstić information content (AvgIpc) is 2.08. The van der Waals surface area contributed by atoms with E-state index in [9.17, 15) is 0 Å². The molecule has 0 radical (unpaired) electrons. The normalized spacial score (nSPS) is 7.00. The van der Waals surface area contributed by atoms with Crippen molar-refractivity contribution < 1.29 is 5.48 Å². The summed E-state index contributed by atoms with van der Waals surface area (Å²) in [7, 11) is 0. The molecular formula is C10H29NO. The molecule has 0 amide bonds. The molecule has 4 N–H and O–H groups in total. The van der Waals surface area contributed by atoms with Crippen LogP contribution >= 0.6 is 0 Å². The second-order valence-electron chi connectivity index (χ2n) is 2.32. The molecule has 0 fully saturated rings. The molecule has 2 heteroatoms. The number of hydrogen-bond donors (Lipinski definition) is 1. The van der Waals surface area contributed by atoms with E-state index >= 15 is 0 Å². The smallest absolute Gasteiger partial charge is 0.00772 e. The first-order valence-corrected chi connectivity index (χ1v) is 4.97. The van der Waals surface area contributed by atoms with Crippen molar-refractivity contribution in [3.63, 3.8) is 0 Å². The van der Waals surface area contributed by atoms with Gasteiger partial charge in [0.05, 0.1) is 0 Å². The molecule has 12 heavy (non-hydrogen) atoms. The van der Waals surface area contributed by atoms with Crippen LogP contribution in [0.4, 0.5) is 0 Å². The van der Waals surface area contributed by atoms with Crippen LogP contribution in [0.25, 0.3) is 0 Å². The Bertz CT molecular complexity index is 38.8. The second kappa shape index (κ2) is 30.7. The van der Waals surface area contributed by atoms with E-state index in [0.29, 0.717) is 0 Å². The fraction of sp³-hybridized carbons (Fsp3) is 1.00. The van der Waals surface area contributed by atoms with Gasteiger partial charge >= 0.3 is 0 Å². The first-order chi connectivity index (χ1) is 5.27. The minimum atomic E-state index is 0. The van der Waals surface area contributed by atoms with Crippen LogP contribution in [0.1, 0.15) is 54.4 Å². The topological polar surface area (TPSA) is 57.5 Å². The quantitative estimate of drug-likeness (QED) is 0.711. The fourth-order valence-electron chi connectivity index (χ4n) is 0.526. The van der Waals surface area contributed by atoms with Crippen LogP contribution < -0.4 is 5.73 Å². The lowest BCUT2D eigenvalue weighted by molar-refractivity contribution is 0.561. The summed E-state index contributed by atoms with van der Waals surface area (Å²) >= 11 is 0. The van der Waals surface area contributed by atoms with Crippen LogP contribution in [0.3, 0.4) is 0 Å². The monoisotopic (exact) mass is 179 g/mol. The molecular weight excluding hydrogens is 150 g/mol. The summed E-state index contributed by atoms with van der Waals surface area (Å²) < 4.78 is 0. The van der Waals surface area contributed by atoms with Gasteiger partial charge in [-0.3, -0.25) is 0 Å². The minimum Gasteiger partial charge on any atom is -0.412 e. The van der Waals surface area contributed by atoms with Crippen molar-refractivity contribution in [2.75, 3.05) is 6.54 Å². The van der Waals surface area contributed by atoms with Crippen LogP contribution in [0, 0.1) is 5.92 Å². The molecule has 0 bridgehead atoms. The van der Waals surface area contributed by atoms with Crippen LogP contribution in [-0.2, 0) is 0 Å². The molecule has 0 saturated carbocycles. The molecule has 0 aliphatic rings. The highest BCUT2D eigenvalue weighted by molar-refractivity contribution is 4.44. The van der Waals surface area contributed by atoms with Crippen molar-refractivity contribution >= 4 is 0 Å². The van der Waals surface area contributed by atoms with E-state index in [1.165, 1.54) is 12.8 Å². The molecule has 0 aromatic carbocycles. The molecule has 0 saturated heterocycles. The largest absolute Gasteiger partial charge is 0.412 e. The van der Waals surface area contributed by atoms with E-state index in [4.69, 9.17) is 5.73 Å². The van der Waals surface area contributed by atoms with Crippen LogP contribution in [-0.4, -0.2) is 12.0 Å². The second-order valence-corrected chi connectivity index (χ2v) is 2.32. The van der Waals surface area contributed by atoms with E-state index in [1.807, 2.05) is 27.7 Å². The Labute approximate surface area is 78.9 Å². The third-order valence-electron chi connectivity index (χ3n) is 0.986. The Morgan fingerprint density at radius 3 is 1.42 bits per heavy atom. The minimum absolute atomic E-state index is 0. The Balaban J connectivity index is -0.0000000560. The maximum atomic E-state index is 5.28. The highest BCUT2D eigenvalue weighted by atomic mass is 16.0. The molecule has 2 nitrogen and oxygen atoms in total. The zero-order valence-electron chi connectivity index (χ0n) is 9.78. The van der Waals surface area contributed by atoms with Crippen molar-refractivity contribution in [1.29, 1.82) is 0 Å². The van der Waals surface area contributed by atoms with Gasteiger partial charge < -0.3 is 11.2 Å². The molecule has 0 aliphatic heterocycles. The summed E-state index contributed by atoms with van der Waals surface area (Å²) in [4.78, 5) is 0. The Morgan fingerprint density at radius 1 is 1.00 bits per heavy atom. The maximum absolute atomic E-state index is 5.28. The molecule has 0 unspecified atom stereocenters. The Hall–Kier alpha value is -0.0800. The van der Waals surface area contributed by atoms with E-state index in [1.54, 1.807) is 0 Å². The van der Waals surface area contributed by atoms with Gasteiger partial charge in [0.15, 0.2) is 0 Å². The van der Waals surface area contributed by atoms with E-state index in [0.717, 1.165) is 12.5 Å². The molecule has 0 aliphatic carbocycles. The summed E-state index contributed by atoms with van der Waals surface area (Å²) in [5.74, 6) is 0.823. The van der Waals surface area contributed by atoms with Crippen LogP contribution in [0.2, 0.25) is 0 Å². The summed E-state index contributed by atoms with van der Waals surface area (Å²) in [5, 5.41) is 0. The third-order valence-corrected chi connectivity index (χ3v) is 0.986. The molecule has 80 valence electrons. The molecule has 0 aromatic heterocycles. The molecule has 0 heterocycles. The first-order valence-electron chi connectivity index (χ1n) is 4.97. The van der Waals surface area contributed by atoms with Gasteiger partial charge in [-0.05, 0) is 25.3 Å². The third kappa shape index (κ3) is 51.4. The summed E-state index contributed by atoms with van der Waals surface area (Å²) in [6.07, 6.45) is 2.45. The van der Waals surface area contributed by atoms with Crippen molar-refractivity contribution in [3.8, 4) is 0 Å². The predicted molar refractivity (Wildman–Crippen MR) is 59.4 cm³/mol. The number of hydrogen-bond acceptors (Lipinski definition) is 1. The number of rotatable bonds is 3. The van der Waals surface area contributed by atoms with Gasteiger partial charge in [-0.25, -0.2) is 0 Å². The standard InChI is InChI=1S/C6H15N.2C2H6.H2O/c1-6(2)4-3-5-7;2*1-2;/h6H,3-5,7H2,1-2H3;2*1-2H3;1H2. The summed E-state index contributed by atoms with van der Waals surface area (Å²) in [6, 6.07) is 0. The molecule has 0 spiro atoms. The van der Waals surface area contributed by atoms with Gasteiger partial charge in [0, 0.05) is 0 Å². The Morgan fingerprint density at radius 2 is 1.33 bits per heavy atom. The van der Waals surface area contributed by atoms with Crippen molar-refractivity contribution in [2.45, 2.75) is 54.4 Å². The van der Waals surface area contributed by atoms with Gasteiger partial charge in [-0.15, -0.1) is 0 Å². The Kier molecular flexibility index (Phi) is 57.9. The number of nitrogens with two attached hydrogens (primary N) is 1. The SMILES string of the molecule is CC.CC.CC(C)CCCN.O. The molecule has 0 rings (SSSR count). The zero-order valence-corrected chi connectivity index (χ0v) is 9.78. The lowest BCUT2D eigenvalue weighted by atomic mass is 10.1. The van der Waals surface area contributed by atoms with Gasteiger partial charge in [-0.2, -0.15) is 0 Å². The van der Waals surface area contributed by atoms with Crippen molar-refractivity contribution in [3.05, 3.63) is 0 Å². The van der Waals surface area contributed by atoms with Gasteiger partial charge in [-0.1, -0.05) is 41.5 Å². The first kappa shape index (κ1) is 22.7. The van der Waals surface area contributed by atoms with Crippen LogP contribution in [0.5, 0.6) is 0 Å². The highest BCUT2D eigenvalue weighted by Gasteiger charge is 1.88. The van der Waals surface area contributed by atoms with Crippen LogP contribution in [0.15, 0.2) is 0 Å². The van der Waals surface area contributed by atoms with E-state index in [-0.39, 0.29) is 5.48 Å². The van der Waals surface area contributed by atoms with Gasteiger partial charge in [0.2, 0.25) is 0 Å². The summed E-state index contributed by atoms with van der Waals surface area (Å²) in [6.45, 7) is 13.3. The fourth-order valence-corrected chi connectivity index (χ4v) is 0.526. The van der Waals surface area contributed by atoms with Gasteiger partial charge in [0.25, 0.3) is 0 Å². The van der Waals surface area contributed by atoms with E-state index in [2.05, 4.69) is 13.8 Å². The average molecular weight is 179 g/mol. The maximum Gasteiger partial charge on any atom is -0.00772 e. The lowest BCUT2D eigenvalue weighted by Gasteiger charge is -1.98. The van der Waals surface area contributed by atoms with Crippen molar-refractivity contribution in [1.82, 2.24) is 0 Å². The summed E-state index contributed by atoms with van der Waals surface area (Å²) in [5.41, 5.74) is 5.28. The van der Waals surface area contributed by atoms with Crippen molar-refractivity contribution in [2.24, 2.45) is 11.7 Å². The van der Waals surface area contributed by atoms with E-state index < -0.39 is 0 Å². The molecule has 0 aromatic rings. The lowest BCUT2D eigenvalue weighted by Crippen LogP contribution is -1.99. The highest BCUT2D eigenvalue weighted by Crippen LogP contribution is 2.00. The zero-order chi connectivity index (χ0) is 9.70.